The molecule has 1 aromatic rings. The molecule has 1 amide bonds. The number of rotatable bonds is 4. The second-order valence-electron chi connectivity index (χ2n) is 4.71. The molecule has 1 saturated heterocycles. The van der Waals surface area contributed by atoms with Gasteiger partial charge in [0.05, 0.1) is 6.10 Å². The number of hydrogen-bond acceptors (Lipinski definition) is 3. The lowest BCUT2D eigenvalue weighted by molar-refractivity contribution is -0.145. The topological polar surface area (TPSA) is 66.8 Å². The maximum Gasteiger partial charge on any atom is 0.329 e. The Labute approximate surface area is 125 Å². The van der Waals surface area contributed by atoms with Crippen LogP contribution in [0.3, 0.4) is 0 Å². The number of carboxylic acid groups (broad SMARTS) is 1. The van der Waals surface area contributed by atoms with E-state index in [9.17, 15) is 9.59 Å². The quantitative estimate of drug-likeness (QED) is 0.911. The van der Waals surface area contributed by atoms with Gasteiger partial charge in [0.25, 0.3) is 5.91 Å². The molecule has 0 aliphatic carbocycles. The molecule has 20 heavy (non-hydrogen) atoms. The van der Waals surface area contributed by atoms with Crippen molar-refractivity contribution in [1.29, 1.82) is 0 Å². The maximum absolute atomic E-state index is 12.3. The summed E-state index contributed by atoms with van der Waals surface area (Å²) in [4.78, 5) is 24.5. The van der Waals surface area contributed by atoms with Crippen LogP contribution in [0.1, 0.15) is 23.2 Å². The minimum Gasteiger partial charge on any atom is -0.480 e. The van der Waals surface area contributed by atoms with Gasteiger partial charge in [0.2, 0.25) is 0 Å². The third-order valence-corrected chi connectivity index (χ3v) is 3.74. The summed E-state index contributed by atoms with van der Waals surface area (Å²) in [5.41, 5.74) is 0.657. The highest BCUT2D eigenvalue weighted by molar-refractivity contribution is 9.10. The van der Waals surface area contributed by atoms with Crippen LogP contribution >= 0.6 is 15.9 Å². The third-order valence-electron chi connectivity index (χ3n) is 3.24. The number of carbonyl (C=O) groups is 2. The fourth-order valence-corrected chi connectivity index (χ4v) is 2.62. The Bertz CT molecular complexity index is 498. The number of ether oxygens (including phenoxy) is 1. The lowest BCUT2D eigenvalue weighted by atomic mass is 10.1. The van der Waals surface area contributed by atoms with Crippen molar-refractivity contribution in [1.82, 2.24) is 4.90 Å². The predicted molar refractivity (Wildman–Crippen MR) is 76.7 cm³/mol. The molecular weight excluding hydrogens is 326 g/mol. The minimum absolute atomic E-state index is 0.00276. The first-order valence-corrected chi connectivity index (χ1v) is 7.24. The summed E-state index contributed by atoms with van der Waals surface area (Å²) in [5.74, 6) is -0.958. The van der Waals surface area contributed by atoms with E-state index < -0.39 is 5.97 Å². The number of amides is 1. The number of aliphatic carboxylic acids is 1. The standard InChI is InChI=1S/C14H16BrNO4/c15-11-3-1-2-10(8-11)14(19)16-6-4-12(5-7-16)20-9-13(17)18/h1-3,8,12H,4-7,9H2,(H,17,18). The van der Waals surface area contributed by atoms with Crippen LogP contribution in [0.25, 0.3) is 0 Å². The zero-order chi connectivity index (χ0) is 14.5. The molecular formula is C14H16BrNO4. The molecule has 2 rings (SSSR count). The number of carbonyl (C=O) groups excluding carboxylic acids is 1. The maximum atomic E-state index is 12.3. The van der Waals surface area contributed by atoms with Crippen LogP contribution in [0.5, 0.6) is 0 Å². The summed E-state index contributed by atoms with van der Waals surface area (Å²) in [6.07, 6.45) is 1.28. The van der Waals surface area contributed by atoms with E-state index in [-0.39, 0.29) is 18.6 Å². The van der Waals surface area contributed by atoms with Crippen LogP contribution in [0.2, 0.25) is 0 Å². The van der Waals surface area contributed by atoms with E-state index in [1.54, 1.807) is 17.0 Å². The Kier molecular flexibility index (Phi) is 5.14. The molecule has 6 heteroatoms. The molecule has 1 heterocycles. The number of carboxylic acids is 1. The highest BCUT2D eigenvalue weighted by atomic mass is 79.9. The number of nitrogens with zero attached hydrogens (tertiary/aromatic N) is 1. The molecule has 1 aromatic carbocycles. The van der Waals surface area contributed by atoms with E-state index in [2.05, 4.69) is 15.9 Å². The minimum atomic E-state index is -0.961. The zero-order valence-electron chi connectivity index (χ0n) is 10.9. The first-order chi connectivity index (χ1) is 9.56. The van der Waals surface area contributed by atoms with Gasteiger partial charge in [0, 0.05) is 23.1 Å². The molecule has 0 radical (unpaired) electrons. The van der Waals surface area contributed by atoms with Gasteiger partial charge in [-0.3, -0.25) is 4.79 Å². The summed E-state index contributed by atoms with van der Waals surface area (Å²) in [6, 6.07) is 7.30. The van der Waals surface area contributed by atoms with E-state index in [1.807, 2.05) is 12.1 Å². The molecule has 0 unspecified atom stereocenters. The second-order valence-corrected chi connectivity index (χ2v) is 5.62. The van der Waals surface area contributed by atoms with Crippen molar-refractivity contribution in [2.75, 3.05) is 19.7 Å². The van der Waals surface area contributed by atoms with Gasteiger partial charge in [-0.25, -0.2) is 4.79 Å². The molecule has 0 aromatic heterocycles. The number of piperidine rings is 1. The average molecular weight is 342 g/mol. The van der Waals surface area contributed by atoms with Gasteiger partial charge in [-0.05, 0) is 31.0 Å². The van der Waals surface area contributed by atoms with Gasteiger partial charge in [-0.15, -0.1) is 0 Å². The summed E-state index contributed by atoms with van der Waals surface area (Å²) in [5, 5.41) is 8.57. The first-order valence-electron chi connectivity index (χ1n) is 6.44. The van der Waals surface area contributed by atoms with E-state index in [0.29, 0.717) is 31.5 Å². The highest BCUT2D eigenvalue weighted by Crippen LogP contribution is 2.18. The van der Waals surface area contributed by atoms with Crippen LogP contribution < -0.4 is 0 Å². The van der Waals surface area contributed by atoms with Gasteiger partial charge < -0.3 is 14.7 Å². The summed E-state index contributed by atoms with van der Waals surface area (Å²) < 4.78 is 6.13. The molecule has 108 valence electrons. The largest absolute Gasteiger partial charge is 0.480 e. The Morgan fingerprint density at radius 2 is 2.05 bits per heavy atom. The zero-order valence-corrected chi connectivity index (χ0v) is 12.5. The summed E-state index contributed by atoms with van der Waals surface area (Å²) >= 11 is 3.35. The summed E-state index contributed by atoms with van der Waals surface area (Å²) in [6.45, 7) is 0.912. The smallest absolute Gasteiger partial charge is 0.329 e. The van der Waals surface area contributed by atoms with Crippen molar-refractivity contribution in [2.24, 2.45) is 0 Å². The van der Waals surface area contributed by atoms with Gasteiger partial charge >= 0.3 is 5.97 Å². The molecule has 1 fully saturated rings. The van der Waals surface area contributed by atoms with Crippen molar-refractivity contribution in [3.05, 3.63) is 34.3 Å². The Balaban J connectivity index is 1.87. The van der Waals surface area contributed by atoms with Gasteiger partial charge in [-0.1, -0.05) is 22.0 Å². The fraction of sp³-hybridized carbons (Fsp3) is 0.429. The Morgan fingerprint density at radius 3 is 2.65 bits per heavy atom. The van der Waals surface area contributed by atoms with Gasteiger partial charge in [0.1, 0.15) is 6.61 Å². The number of halogens is 1. The Morgan fingerprint density at radius 1 is 1.35 bits per heavy atom. The van der Waals surface area contributed by atoms with E-state index in [0.717, 1.165) is 4.47 Å². The number of likely N-dealkylation sites (tertiary alicyclic amines) is 1. The first kappa shape index (κ1) is 15.0. The molecule has 5 nitrogen and oxygen atoms in total. The normalized spacial score (nSPS) is 16.1. The van der Waals surface area contributed by atoms with Gasteiger partial charge in [0.15, 0.2) is 0 Å². The summed E-state index contributed by atoms with van der Waals surface area (Å²) in [7, 11) is 0. The molecule has 1 aliphatic rings. The predicted octanol–water partition coefficient (Wildman–Crippen LogP) is 2.15. The Hall–Kier alpha value is -1.40. The molecule has 1 aliphatic heterocycles. The molecule has 1 N–H and O–H groups in total. The van der Waals surface area contributed by atoms with Crippen molar-refractivity contribution < 1.29 is 19.4 Å². The van der Waals surface area contributed by atoms with Crippen molar-refractivity contribution >= 4 is 27.8 Å². The molecule has 0 atom stereocenters. The van der Waals surface area contributed by atoms with Gasteiger partial charge in [-0.2, -0.15) is 0 Å². The van der Waals surface area contributed by atoms with E-state index in [1.165, 1.54) is 0 Å². The third kappa shape index (κ3) is 4.05. The SMILES string of the molecule is O=C(O)COC1CCN(C(=O)c2cccc(Br)c2)CC1. The van der Waals surface area contributed by atoms with Crippen molar-refractivity contribution in [3.63, 3.8) is 0 Å². The average Bonchev–Trinajstić information content (AvgIpc) is 2.45. The monoisotopic (exact) mass is 341 g/mol. The number of hydrogen-bond donors (Lipinski definition) is 1. The van der Waals surface area contributed by atoms with Crippen LogP contribution in [0.4, 0.5) is 0 Å². The molecule has 0 saturated carbocycles. The fourth-order valence-electron chi connectivity index (χ4n) is 2.22. The van der Waals surface area contributed by atoms with Crippen LogP contribution in [-0.4, -0.2) is 47.7 Å². The van der Waals surface area contributed by atoms with Crippen LogP contribution in [-0.2, 0) is 9.53 Å². The van der Waals surface area contributed by atoms with Crippen molar-refractivity contribution in [3.8, 4) is 0 Å². The second kappa shape index (κ2) is 6.85. The molecule has 0 bridgehead atoms. The van der Waals surface area contributed by atoms with Crippen molar-refractivity contribution in [2.45, 2.75) is 18.9 Å². The highest BCUT2D eigenvalue weighted by Gasteiger charge is 2.24. The number of benzene rings is 1. The van der Waals surface area contributed by atoms with E-state index >= 15 is 0 Å². The van der Waals surface area contributed by atoms with Crippen LogP contribution in [0.15, 0.2) is 28.7 Å². The lowest BCUT2D eigenvalue weighted by Crippen LogP contribution is -2.41. The lowest BCUT2D eigenvalue weighted by Gasteiger charge is -2.31. The molecule has 0 spiro atoms. The van der Waals surface area contributed by atoms with E-state index in [4.69, 9.17) is 9.84 Å². The van der Waals surface area contributed by atoms with Crippen LogP contribution in [0, 0.1) is 0 Å².